The van der Waals surface area contributed by atoms with Gasteiger partial charge in [0.1, 0.15) is 17.2 Å². The lowest BCUT2D eigenvalue weighted by atomic mass is 9.92. The fourth-order valence-electron chi connectivity index (χ4n) is 4.56. The Kier molecular flexibility index (Phi) is 7.25. The molecule has 182 valence electrons. The molecule has 0 saturated carbocycles. The number of nitrogens with zero attached hydrogens (tertiary/aromatic N) is 2. The third-order valence-electron chi connectivity index (χ3n) is 6.30. The summed E-state index contributed by atoms with van der Waals surface area (Å²) in [6.45, 7) is 2.39. The third-order valence-corrected chi connectivity index (χ3v) is 6.30. The van der Waals surface area contributed by atoms with Gasteiger partial charge in [-0.25, -0.2) is 0 Å². The van der Waals surface area contributed by atoms with E-state index in [0.717, 1.165) is 5.56 Å². The number of anilines is 2. The van der Waals surface area contributed by atoms with Crippen LogP contribution in [0.1, 0.15) is 24.9 Å². The molecule has 0 bridgehead atoms. The Morgan fingerprint density at radius 1 is 0.943 bits per heavy atom. The number of amides is 2. The van der Waals surface area contributed by atoms with Crippen LogP contribution >= 0.6 is 0 Å². The van der Waals surface area contributed by atoms with Crippen LogP contribution < -0.4 is 24.0 Å². The Labute approximate surface area is 205 Å². The number of ether oxygens (including phenoxy) is 3. The van der Waals surface area contributed by atoms with Gasteiger partial charge in [-0.05, 0) is 61.0 Å². The van der Waals surface area contributed by atoms with E-state index in [9.17, 15) is 9.59 Å². The predicted octanol–water partition coefficient (Wildman–Crippen LogP) is 4.86. The lowest BCUT2D eigenvalue weighted by Crippen LogP contribution is -2.37. The topological polar surface area (TPSA) is 68.3 Å². The molecule has 1 heterocycles. The summed E-state index contributed by atoms with van der Waals surface area (Å²) in [5, 5.41) is 0. The molecule has 1 saturated heterocycles. The average molecular weight is 475 g/mol. The van der Waals surface area contributed by atoms with E-state index in [0.29, 0.717) is 35.2 Å². The second-order valence-corrected chi connectivity index (χ2v) is 8.29. The number of hydrogen-bond donors (Lipinski definition) is 0. The SMILES string of the molecule is CCOc1ccccc1N(C)C(=O)[C@@H]1CC(=O)N(c2ccc(OC)cc2)[C@@H]1c1ccc(OC)cc1. The Balaban J connectivity index is 1.74. The van der Waals surface area contributed by atoms with Crippen LogP contribution in [0.3, 0.4) is 0 Å². The first-order chi connectivity index (χ1) is 17.0. The first-order valence-electron chi connectivity index (χ1n) is 11.6. The Hall–Kier alpha value is -4.00. The van der Waals surface area contributed by atoms with Crippen LogP contribution in [0.2, 0.25) is 0 Å². The normalized spacial score (nSPS) is 17.3. The van der Waals surface area contributed by atoms with Crippen molar-refractivity contribution in [2.24, 2.45) is 5.92 Å². The molecule has 0 spiro atoms. The van der Waals surface area contributed by atoms with Gasteiger partial charge in [-0.15, -0.1) is 0 Å². The quantitative estimate of drug-likeness (QED) is 0.466. The zero-order valence-corrected chi connectivity index (χ0v) is 20.4. The molecule has 0 aromatic heterocycles. The van der Waals surface area contributed by atoms with Crippen LogP contribution in [0.15, 0.2) is 72.8 Å². The molecule has 4 rings (SSSR count). The molecule has 1 aliphatic heterocycles. The Bertz CT molecular complexity index is 1180. The fourth-order valence-corrected chi connectivity index (χ4v) is 4.56. The molecule has 0 aliphatic carbocycles. The van der Waals surface area contributed by atoms with E-state index in [1.165, 1.54) is 0 Å². The zero-order chi connectivity index (χ0) is 24.9. The summed E-state index contributed by atoms with van der Waals surface area (Å²) in [7, 11) is 4.93. The van der Waals surface area contributed by atoms with E-state index in [2.05, 4.69) is 0 Å². The maximum Gasteiger partial charge on any atom is 0.232 e. The molecule has 0 N–H and O–H groups in total. The van der Waals surface area contributed by atoms with E-state index in [1.807, 2.05) is 79.7 Å². The van der Waals surface area contributed by atoms with Gasteiger partial charge in [-0.2, -0.15) is 0 Å². The van der Waals surface area contributed by atoms with E-state index < -0.39 is 12.0 Å². The smallest absolute Gasteiger partial charge is 0.232 e. The van der Waals surface area contributed by atoms with Gasteiger partial charge in [-0.3, -0.25) is 9.59 Å². The molecule has 7 heteroatoms. The third kappa shape index (κ3) is 4.80. The van der Waals surface area contributed by atoms with E-state index in [1.54, 1.807) is 31.1 Å². The van der Waals surface area contributed by atoms with Crippen molar-refractivity contribution in [3.05, 3.63) is 78.4 Å². The Morgan fingerprint density at radius 2 is 1.54 bits per heavy atom. The van der Waals surface area contributed by atoms with Gasteiger partial charge in [0.25, 0.3) is 0 Å². The van der Waals surface area contributed by atoms with Gasteiger partial charge in [0, 0.05) is 19.2 Å². The van der Waals surface area contributed by atoms with Crippen molar-refractivity contribution in [1.82, 2.24) is 0 Å². The Morgan fingerprint density at radius 3 is 2.14 bits per heavy atom. The maximum atomic E-state index is 13.9. The lowest BCUT2D eigenvalue weighted by molar-refractivity contribution is -0.124. The van der Waals surface area contributed by atoms with Crippen molar-refractivity contribution < 1.29 is 23.8 Å². The summed E-state index contributed by atoms with van der Waals surface area (Å²) in [5.41, 5.74) is 2.24. The van der Waals surface area contributed by atoms with E-state index in [4.69, 9.17) is 14.2 Å². The van der Waals surface area contributed by atoms with Crippen LogP contribution in [0.4, 0.5) is 11.4 Å². The summed E-state index contributed by atoms with van der Waals surface area (Å²) in [6.07, 6.45) is 0.0999. The predicted molar refractivity (Wildman–Crippen MR) is 135 cm³/mol. The molecule has 1 fully saturated rings. The van der Waals surface area contributed by atoms with Crippen LogP contribution in [0, 0.1) is 5.92 Å². The van der Waals surface area contributed by atoms with Crippen LogP contribution in [-0.4, -0.2) is 39.7 Å². The van der Waals surface area contributed by atoms with Gasteiger partial charge in [0.2, 0.25) is 11.8 Å². The van der Waals surface area contributed by atoms with Gasteiger partial charge in [0.05, 0.1) is 38.5 Å². The number of methoxy groups -OCH3 is 2. The van der Waals surface area contributed by atoms with Crippen molar-refractivity contribution in [3.63, 3.8) is 0 Å². The summed E-state index contributed by atoms with van der Waals surface area (Å²) >= 11 is 0. The average Bonchev–Trinajstić information content (AvgIpc) is 3.25. The second-order valence-electron chi connectivity index (χ2n) is 8.29. The molecule has 0 radical (unpaired) electrons. The molecule has 7 nitrogen and oxygen atoms in total. The van der Waals surface area contributed by atoms with Crippen LogP contribution in [-0.2, 0) is 9.59 Å². The van der Waals surface area contributed by atoms with Gasteiger partial charge < -0.3 is 24.0 Å². The van der Waals surface area contributed by atoms with Crippen molar-refractivity contribution in [1.29, 1.82) is 0 Å². The maximum absolute atomic E-state index is 13.9. The standard InChI is InChI=1S/C28H30N2O5/c1-5-35-25-9-7-6-8-24(25)29(2)28(32)23-18-26(31)30(20-12-16-22(34-4)17-13-20)27(23)19-10-14-21(33-3)15-11-19/h6-17,23,27H,5,18H2,1-4H3/t23-,27-/m1/s1. The molecule has 2 atom stereocenters. The van der Waals surface area contributed by atoms with Crippen LogP contribution in [0.5, 0.6) is 17.2 Å². The molecular formula is C28H30N2O5. The van der Waals surface area contributed by atoms with E-state index in [-0.39, 0.29) is 18.2 Å². The minimum Gasteiger partial charge on any atom is -0.497 e. The van der Waals surface area contributed by atoms with Crippen molar-refractivity contribution in [2.75, 3.05) is 37.7 Å². The zero-order valence-electron chi connectivity index (χ0n) is 20.4. The van der Waals surface area contributed by atoms with Crippen molar-refractivity contribution in [2.45, 2.75) is 19.4 Å². The highest BCUT2D eigenvalue weighted by Crippen LogP contribution is 2.43. The summed E-state index contributed by atoms with van der Waals surface area (Å²) in [6, 6.07) is 21.8. The monoisotopic (exact) mass is 474 g/mol. The molecule has 35 heavy (non-hydrogen) atoms. The van der Waals surface area contributed by atoms with Crippen LogP contribution in [0.25, 0.3) is 0 Å². The number of benzene rings is 3. The highest BCUT2D eigenvalue weighted by atomic mass is 16.5. The number of rotatable bonds is 8. The molecule has 1 aliphatic rings. The first kappa shape index (κ1) is 24.1. The first-order valence-corrected chi connectivity index (χ1v) is 11.6. The molecule has 0 unspecified atom stereocenters. The molecule has 2 amide bonds. The van der Waals surface area contributed by atoms with Gasteiger partial charge in [0.15, 0.2) is 0 Å². The van der Waals surface area contributed by atoms with Crippen molar-refractivity contribution >= 4 is 23.2 Å². The highest BCUT2D eigenvalue weighted by molar-refractivity contribution is 6.05. The largest absolute Gasteiger partial charge is 0.497 e. The minimum atomic E-state index is -0.585. The summed E-state index contributed by atoms with van der Waals surface area (Å²) in [4.78, 5) is 30.5. The fraction of sp³-hybridized carbons (Fsp3) is 0.286. The number of carbonyl (C=O) groups excluding carboxylic acids is 2. The summed E-state index contributed by atoms with van der Waals surface area (Å²) in [5.74, 6) is 1.19. The number of hydrogen-bond acceptors (Lipinski definition) is 5. The second kappa shape index (κ2) is 10.5. The summed E-state index contributed by atoms with van der Waals surface area (Å²) < 4.78 is 16.3. The molecular weight excluding hydrogens is 444 g/mol. The lowest BCUT2D eigenvalue weighted by Gasteiger charge is -2.31. The highest BCUT2D eigenvalue weighted by Gasteiger charge is 2.46. The number of para-hydroxylation sites is 2. The van der Waals surface area contributed by atoms with Crippen molar-refractivity contribution in [3.8, 4) is 17.2 Å². The van der Waals surface area contributed by atoms with E-state index >= 15 is 0 Å². The van der Waals surface area contributed by atoms with Gasteiger partial charge >= 0.3 is 0 Å². The molecule has 3 aromatic carbocycles. The molecule has 3 aromatic rings. The number of carbonyl (C=O) groups is 2. The minimum absolute atomic E-state index is 0.0999. The van der Waals surface area contributed by atoms with Gasteiger partial charge in [-0.1, -0.05) is 24.3 Å².